The van der Waals surface area contributed by atoms with Gasteiger partial charge in [-0.25, -0.2) is 4.98 Å². The van der Waals surface area contributed by atoms with Crippen LogP contribution >= 0.6 is 11.8 Å². The predicted molar refractivity (Wildman–Crippen MR) is 62.1 cm³/mol. The number of nitrogens with one attached hydrogen (secondary N) is 1. The van der Waals surface area contributed by atoms with Crippen LogP contribution in [0, 0.1) is 0 Å². The minimum atomic E-state index is -0.156. The fourth-order valence-corrected chi connectivity index (χ4v) is 1.54. The molecule has 7 heteroatoms. The number of hydrogen-bond donors (Lipinski definition) is 2. The lowest BCUT2D eigenvalue weighted by Crippen LogP contribution is -2.08. The lowest BCUT2D eigenvalue weighted by Gasteiger charge is -2.01. The Kier molecular flexibility index (Phi) is 2.86. The van der Waals surface area contributed by atoms with Gasteiger partial charge in [0.25, 0.3) is 0 Å². The van der Waals surface area contributed by atoms with E-state index in [1.165, 1.54) is 17.8 Å². The SMILES string of the molecule is CSc1nc(N)nc(-c2c[nH]ccc2=O)n1. The highest BCUT2D eigenvalue weighted by Gasteiger charge is 2.08. The molecule has 2 rings (SSSR count). The van der Waals surface area contributed by atoms with Crippen molar-refractivity contribution in [3.05, 3.63) is 28.7 Å². The van der Waals surface area contributed by atoms with Gasteiger partial charge in [-0.05, 0) is 6.26 Å². The van der Waals surface area contributed by atoms with Gasteiger partial charge in [0.15, 0.2) is 16.4 Å². The normalized spacial score (nSPS) is 10.3. The highest BCUT2D eigenvalue weighted by molar-refractivity contribution is 7.98. The van der Waals surface area contributed by atoms with E-state index in [2.05, 4.69) is 19.9 Å². The summed E-state index contributed by atoms with van der Waals surface area (Å²) in [4.78, 5) is 26.3. The third-order valence-corrected chi connectivity index (χ3v) is 2.43. The van der Waals surface area contributed by atoms with Gasteiger partial charge in [-0.3, -0.25) is 4.79 Å². The van der Waals surface area contributed by atoms with E-state index in [0.29, 0.717) is 16.5 Å². The molecule has 0 bridgehead atoms. The summed E-state index contributed by atoms with van der Waals surface area (Å²) in [6, 6.07) is 1.41. The molecule has 0 atom stereocenters. The van der Waals surface area contributed by atoms with Crippen LogP contribution in [0.25, 0.3) is 11.4 Å². The van der Waals surface area contributed by atoms with E-state index in [9.17, 15) is 4.79 Å². The van der Waals surface area contributed by atoms with Gasteiger partial charge in [0, 0.05) is 18.5 Å². The van der Waals surface area contributed by atoms with Crippen molar-refractivity contribution in [2.45, 2.75) is 5.16 Å². The fourth-order valence-electron chi connectivity index (χ4n) is 1.17. The molecule has 3 N–H and O–H groups in total. The van der Waals surface area contributed by atoms with Crippen LogP contribution in [0.3, 0.4) is 0 Å². The Hall–Kier alpha value is -1.89. The van der Waals surface area contributed by atoms with Crippen LogP contribution in [-0.4, -0.2) is 26.2 Å². The molecule has 0 amide bonds. The number of nitrogens with two attached hydrogens (primary N) is 1. The van der Waals surface area contributed by atoms with Crippen LogP contribution in [0.1, 0.15) is 0 Å². The number of rotatable bonds is 2. The zero-order valence-electron chi connectivity index (χ0n) is 8.47. The van der Waals surface area contributed by atoms with Crippen LogP contribution in [0.4, 0.5) is 5.95 Å². The molecular formula is C9H9N5OS. The van der Waals surface area contributed by atoms with Crippen molar-refractivity contribution in [2.24, 2.45) is 0 Å². The number of aromatic nitrogens is 4. The van der Waals surface area contributed by atoms with E-state index in [0.717, 1.165) is 0 Å². The summed E-state index contributed by atoms with van der Waals surface area (Å²) < 4.78 is 0. The second kappa shape index (κ2) is 4.31. The topological polar surface area (TPSA) is 97.5 Å². The predicted octanol–water partition coefficient (Wildman–Crippen LogP) is 0.531. The van der Waals surface area contributed by atoms with Crippen molar-refractivity contribution in [2.75, 3.05) is 12.0 Å². The Morgan fingerprint density at radius 2 is 2.19 bits per heavy atom. The van der Waals surface area contributed by atoms with Crippen LogP contribution in [0.2, 0.25) is 0 Å². The molecule has 0 saturated carbocycles. The average molecular weight is 235 g/mol. The second-order valence-corrected chi connectivity index (χ2v) is 3.70. The number of H-pyrrole nitrogens is 1. The Balaban J connectivity index is 2.60. The molecule has 0 aliphatic heterocycles. The minimum Gasteiger partial charge on any atom is -0.368 e. The molecule has 2 heterocycles. The van der Waals surface area contributed by atoms with E-state index in [4.69, 9.17) is 5.73 Å². The molecule has 0 aliphatic rings. The molecule has 2 aromatic rings. The van der Waals surface area contributed by atoms with Gasteiger partial charge in [-0.15, -0.1) is 0 Å². The van der Waals surface area contributed by atoms with Crippen LogP contribution in [-0.2, 0) is 0 Å². The number of anilines is 1. The van der Waals surface area contributed by atoms with Gasteiger partial charge in [0.2, 0.25) is 5.95 Å². The molecule has 2 aromatic heterocycles. The van der Waals surface area contributed by atoms with Gasteiger partial charge in [-0.2, -0.15) is 9.97 Å². The molecule has 0 aromatic carbocycles. The van der Waals surface area contributed by atoms with Gasteiger partial charge >= 0.3 is 0 Å². The van der Waals surface area contributed by atoms with Crippen molar-refractivity contribution >= 4 is 17.7 Å². The van der Waals surface area contributed by atoms with Crippen molar-refractivity contribution in [1.82, 2.24) is 19.9 Å². The molecule has 0 spiro atoms. The molecule has 16 heavy (non-hydrogen) atoms. The summed E-state index contributed by atoms with van der Waals surface area (Å²) in [5, 5.41) is 0.491. The molecule has 82 valence electrons. The highest BCUT2D eigenvalue weighted by atomic mass is 32.2. The first-order valence-corrected chi connectivity index (χ1v) is 5.66. The number of aromatic amines is 1. The number of nitrogen functional groups attached to an aromatic ring is 1. The molecule has 0 fully saturated rings. The monoisotopic (exact) mass is 235 g/mol. The first kappa shape index (κ1) is 10.6. The maximum atomic E-state index is 11.6. The van der Waals surface area contributed by atoms with Gasteiger partial charge in [0.05, 0.1) is 5.56 Å². The van der Waals surface area contributed by atoms with Gasteiger partial charge in [0.1, 0.15) is 0 Å². The van der Waals surface area contributed by atoms with Crippen molar-refractivity contribution in [1.29, 1.82) is 0 Å². The van der Waals surface area contributed by atoms with Crippen LogP contribution in [0.15, 0.2) is 28.4 Å². The van der Waals surface area contributed by atoms with E-state index in [-0.39, 0.29) is 11.4 Å². The van der Waals surface area contributed by atoms with Crippen LogP contribution < -0.4 is 11.2 Å². The minimum absolute atomic E-state index is 0.109. The number of thioether (sulfide) groups is 1. The average Bonchev–Trinajstić information content (AvgIpc) is 2.28. The zero-order valence-corrected chi connectivity index (χ0v) is 9.28. The standard InChI is InChI=1S/C9H9N5OS/c1-16-9-13-7(12-8(10)14-9)5-4-11-3-2-6(5)15/h2-4H,1H3,(H,11,15)(H2,10,12,13,14). The Labute approximate surface area is 95.4 Å². The summed E-state index contributed by atoms with van der Waals surface area (Å²) in [5.74, 6) is 0.399. The molecule has 6 nitrogen and oxygen atoms in total. The molecular weight excluding hydrogens is 226 g/mol. The fraction of sp³-hybridized carbons (Fsp3) is 0.111. The number of pyridine rings is 1. The summed E-state index contributed by atoms with van der Waals surface area (Å²) in [6.07, 6.45) is 4.92. The summed E-state index contributed by atoms with van der Waals surface area (Å²) in [6.45, 7) is 0. The van der Waals surface area contributed by atoms with E-state index in [1.807, 2.05) is 6.26 Å². The Morgan fingerprint density at radius 1 is 1.38 bits per heavy atom. The molecule has 0 unspecified atom stereocenters. The van der Waals surface area contributed by atoms with Crippen molar-refractivity contribution < 1.29 is 0 Å². The Bertz CT molecular complexity index is 568. The van der Waals surface area contributed by atoms with E-state index >= 15 is 0 Å². The zero-order chi connectivity index (χ0) is 11.5. The molecule has 0 aliphatic carbocycles. The first-order chi connectivity index (χ1) is 7.70. The number of nitrogens with zero attached hydrogens (tertiary/aromatic N) is 3. The lowest BCUT2D eigenvalue weighted by atomic mass is 10.2. The lowest BCUT2D eigenvalue weighted by molar-refractivity contribution is 0.925. The largest absolute Gasteiger partial charge is 0.368 e. The number of hydrogen-bond acceptors (Lipinski definition) is 6. The maximum Gasteiger partial charge on any atom is 0.224 e. The summed E-state index contributed by atoms with van der Waals surface area (Å²) in [7, 11) is 0. The van der Waals surface area contributed by atoms with E-state index < -0.39 is 0 Å². The maximum absolute atomic E-state index is 11.6. The van der Waals surface area contributed by atoms with Crippen molar-refractivity contribution in [3.8, 4) is 11.4 Å². The van der Waals surface area contributed by atoms with E-state index in [1.54, 1.807) is 12.4 Å². The van der Waals surface area contributed by atoms with Crippen LogP contribution in [0.5, 0.6) is 0 Å². The van der Waals surface area contributed by atoms with Crippen molar-refractivity contribution in [3.63, 3.8) is 0 Å². The molecule has 0 saturated heterocycles. The molecule has 0 radical (unpaired) electrons. The summed E-state index contributed by atoms with van der Waals surface area (Å²) >= 11 is 1.34. The van der Waals surface area contributed by atoms with Gasteiger partial charge < -0.3 is 10.7 Å². The third-order valence-electron chi connectivity index (χ3n) is 1.88. The smallest absolute Gasteiger partial charge is 0.224 e. The quantitative estimate of drug-likeness (QED) is 0.737. The first-order valence-electron chi connectivity index (χ1n) is 4.43. The van der Waals surface area contributed by atoms with Gasteiger partial charge in [-0.1, -0.05) is 11.8 Å². The summed E-state index contributed by atoms with van der Waals surface area (Å²) in [5.41, 5.74) is 5.76. The third kappa shape index (κ3) is 2.03. The highest BCUT2D eigenvalue weighted by Crippen LogP contribution is 2.14. The second-order valence-electron chi connectivity index (χ2n) is 2.93. The Morgan fingerprint density at radius 3 is 2.88 bits per heavy atom.